The lowest BCUT2D eigenvalue weighted by Gasteiger charge is -2.20. The number of rotatable bonds is 0. The van der Waals surface area contributed by atoms with Gasteiger partial charge in [-0.3, -0.25) is 0 Å². The Bertz CT molecular complexity index is 199. The van der Waals surface area contributed by atoms with E-state index in [-0.39, 0.29) is 12.1 Å². The zero-order chi connectivity index (χ0) is 9.14. The van der Waals surface area contributed by atoms with Crippen LogP contribution >= 0.6 is 0 Å². The van der Waals surface area contributed by atoms with Gasteiger partial charge in [0, 0.05) is 0 Å². The number of nitrogens with zero attached hydrogens (tertiary/aromatic N) is 2. The van der Waals surface area contributed by atoms with Crippen molar-refractivity contribution in [2.45, 2.75) is 25.9 Å². The Kier molecular flexibility index (Phi) is 2.68. The minimum atomic E-state index is -0.0267. The molecule has 0 saturated heterocycles. The van der Waals surface area contributed by atoms with Gasteiger partial charge in [-0.1, -0.05) is 0 Å². The molecule has 1 heterocycles. The maximum absolute atomic E-state index is 5.05. The van der Waals surface area contributed by atoms with Crippen molar-refractivity contribution in [3.63, 3.8) is 0 Å². The van der Waals surface area contributed by atoms with E-state index < -0.39 is 0 Å². The van der Waals surface area contributed by atoms with E-state index in [2.05, 4.69) is 9.98 Å². The monoisotopic (exact) mass is 170 g/mol. The fourth-order valence-corrected chi connectivity index (χ4v) is 1.15. The molecule has 0 bridgehead atoms. The van der Waals surface area contributed by atoms with E-state index in [1.807, 2.05) is 13.8 Å². The van der Waals surface area contributed by atoms with Gasteiger partial charge in [-0.25, -0.2) is 9.98 Å². The summed E-state index contributed by atoms with van der Waals surface area (Å²) in [7, 11) is 3.21. The minimum absolute atomic E-state index is 0.0267. The smallest absolute Gasteiger partial charge is 0.209 e. The van der Waals surface area contributed by atoms with Gasteiger partial charge in [0.25, 0.3) is 0 Å². The molecule has 0 amide bonds. The van der Waals surface area contributed by atoms with Crippen molar-refractivity contribution < 1.29 is 9.47 Å². The summed E-state index contributed by atoms with van der Waals surface area (Å²) in [5, 5.41) is 0. The molecule has 1 aliphatic heterocycles. The Morgan fingerprint density at radius 3 is 1.50 bits per heavy atom. The highest BCUT2D eigenvalue weighted by Crippen LogP contribution is 2.09. The number of hydrogen-bond acceptors (Lipinski definition) is 4. The second kappa shape index (κ2) is 3.56. The van der Waals surface area contributed by atoms with Gasteiger partial charge in [0.05, 0.1) is 14.2 Å². The van der Waals surface area contributed by atoms with Gasteiger partial charge in [0.15, 0.2) is 0 Å². The van der Waals surface area contributed by atoms with Crippen molar-refractivity contribution in [1.29, 1.82) is 0 Å². The minimum Gasteiger partial charge on any atom is -0.483 e. The first kappa shape index (κ1) is 9.03. The van der Waals surface area contributed by atoms with Crippen LogP contribution < -0.4 is 0 Å². The van der Waals surface area contributed by atoms with Crippen LogP contribution in [-0.4, -0.2) is 38.1 Å². The summed E-state index contributed by atoms with van der Waals surface area (Å²) >= 11 is 0. The standard InChI is InChI=1S/C8H14N2O2/c1-5-7(11-3)10-6(2)8(9-5)12-4/h5-6H,1-4H3. The van der Waals surface area contributed by atoms with E-state index in [9.17, 15) is 0 Å². The van der Waals surface area contributed by atoms with Gasteiger partial charge >= 0.3 is 0 Å². The maximum atomic E-state index is 5.05. The van der Waals surface area contributed by atoms with Crippen LogP contribution in [-0.2, 0) is 9.47 Å². The predicted octanol–water partition coefficient (Wildman–Crippen LogP) is 0.867. The lowest BCUT2D eigenvalue weighted by molar-refractivity contribution is 0.352. The third kappa shape index (κ3) is 1.57. The Morgan fingerprint density at radius 1 is 0.917 bits per heavy atom. The summed E-state index contributed by atoms with van der Waals surface area (Å²) in [5.41, 5.74) is 0. The third-order valence-electron chi connectivity index (χ3n) is 1.77. The van der Waals surface area contributed by atoms with Crippen LogP contribution in [0.1, 0.15) is 13.8 Å². The molecule has 0 aliphatic carbocycles. The van der Waals surface area contributed by atoms with Crippen LogP contribution in [0.5, 0.6) is 0 Å². The summed E-state index contributed by atoms with van der Waals surface area (Å²) in [5.74, 6) is 1.34. The highest BCUT2D eigenvalue weighted by atomic mass is 16.5. The Balaban J connectivity index is 2.79. The van der Waals surface area contributed by atoms with Crippen molar-refractivity contribution in [2.75, 3.05) is 14.2 Å². The first-order chi connectivity index (χ1) is 5.69. The molecule has 1 rings (SSSR count). The Labute approximate surface area is 72.3 Å². The summed E-state index contributed by atoms with van der Waals surface area (Å²) < 4.78 is 10.1. The fraction of sp³-hybridized carbons (Fsp3) is 0.750. The first-order valence-electron chi connectivity index (χ1n) is 3.92. The molecule has 0 saturated carbocycles. The first-order valence-corrected chi connectivity index (χ1v) is 3.92. The van der Waals surface area contributed by atoms with E-state index in [4.69, 9.17) is 9.47 Å². The molecule has 2 unspecified atom stereocenters. The second-order valence-corrected chi connectivity index (χ2v) is 2.69. The van der Waals surface area contributed by atoms with Crippen molar-refractivity contribution in [1.82, 2.24) is 0 Å². The molecule has 12 heavy (non-hydrogen) atoms. The Morgan fingerprint density at radius 2 is 1.25 bits per heavy atom. The molecule has 0 radical (unpaired) electrons. The molecule has 0 spiro atoms. The number of aliphatic imine (C=N–C) groups is 2. The Hall–Kier alpha value is -1.06. The average molecular weight is 170 g/mol. The molecule has 0 N–H and O–H groups in total. The highest BCUT2D eigenvalue weighted by Gasteiger charge is 2.22. The predicted molar refractivity (Wildman–Crippen MR) is 47.8 cm³/mol. The fourth-order valence-electron chi connectivity index (χ4n) is 1.15. The third-order valence-corrected chi connectivity index (χ3v) is 1.77. The molecule has 68 valence electrons. The lowest BCUT2D eigenvalue weighted by atomic mass is 10.2. The summed E-state index contributed by atoms with van der Waals surface area (Å²) in [6.45, 7) is 3.85. The van der Waals surface area contributed by atoms with E-state index in [0.29, 0.717) is 11.8 Å². The summed E-state index contributed by atoms with van der Waals surface area (Å²) in [6.07, 6.45) is 0. The highest BCUT2D eigenvalue weighted by molar-refractivity contribution is 5.93. The molecule has 0 aromatic carbocycles. The van der Waals surface area contributed by atoms with E-state index >= 15 is 0 Å². The topological polar surface area (TPSA) is 43.2 Å². The molecular weight excluding hydrogens is 156 g/mol. The van der Waals surface area contributed by atoms with E-state index in [1.54, 1.807) is 14.2 Å². The van der Waals surface area contributed by atoms with Crippen molar-refractivity contribution in [3.05, 3.63) is 0 Å². The van der Waals surface area contributed by atoms with Gasteiger partial charge in [0.1, 0.15) is 12.1 Å². The zero-order valence-corrected chi connectivity index (χ0v) is 7.87. The van der Waals surface area contributed by atoms with Gasteiger partial charge in [0.2, 0.25) is 11.8 Å². The van der Waals surface area contributed by atoms with Crippen molar-refractivity contribution in [3.8, 4) is 0 Å². The van der Waals surface area contributed by atoms with Gasteiger partial charge in [-0.15, -0.1) is 0 Å². The van der Waals surface area contributed by atoms with Gasteiger partial charge in [-0.05, 0) is 13.8 Å². The molecule has 4 heteroatoms. The molecule has 0 fully saturated rings. The molecule has 0 aromatic heterocycles. The summed E-state index contributed by atoms with van der Waals surface area (Å²) in [4.78, 5) is 8.55. The van der Waals surface area contributed by atoms with Crippen LogP contribution in [0, 0.1) is 0 Å². The normalized spacial score (nSPS) is 29.0. The van der Waals surface area contributed by atoms with Crippen LogP contribution in [0.4, 0.5) is 0 Å². The van der Waals surface area contributed by atoms with Gasteiger partial charge < -0.3 is 9.47 Å². The van der Waals surface area contributed by atoms with Crippen LogP contribution in [0.25, 0.3) is 0 Å². The second-order valence-electron chi connectivity index (χ2n) is 2.69. The SMILES string of the molecule is COC1=NC(C)C(OC)=NC1C. The van der Waals surface area contributed by atoms with Crippen molar-refractivity contribution >= 4 is 11.8 Å². The van der Waals surface area contributed by atoms with Gasteiger partial charge in [-0.2, -0.15) is 0 Å². The molecule has 1 aliphatic rings. The largest absolute Gasteiger partial charge is 0.483 e. The van der Waals surface area contributed by atoms with Crippen LogP contribution in [0.15, 0.2) is 9.98 Å². The van der Waals surface area contributed by atoms with E-state index in [1.165, 1.54) is 0 Å². The van der Waals surface area contributed by atoms with Crippen molar-refractivity contribution in [2.24, 2.45) is 9.98 Å². The number of methoxy groups -OCH3 is 2. The zero-order valence-electron chi connectivity index (χ0n) is 7.87. The van der Waals surface area contributed by atoms with E-state index in [0.717, 1.165) is 0 Å². The molecule has 4 nitrogen and oxygen atoms in total. The maximum Gasteiger partial charge on any atom is 0.209 e. The summed E-state index contributed by atoms with van der Waals surface area (Å²) in [6, 6.07) is -0.0534. The lowest BCUT2D eigenvalue weighted by Crippen LogP contribution is -2.31. The van der Waals surface area contributed by atoms with Crippen LogP contribution in [0.3, 0.4) is 0 Å². The number of hydrogen-bond donors (Lipinski definition) is 0. The average Bonchev–Trinajstić information content (AvgIpc) is 2.08. The molecule has 0 aromatic rings. The number of ether oxygens (including phenoxy) is 2. The molecule has 2 atom stereocenters. The molecular formula is C8H14N2O2. The quantitative estimate of drug-likeness (QED) is 0.541. The van der Waals surface area contributed by atoms with Crippen LogP contribution in [0.2, 0.25) is 0 Å².